The molecule has 0 amide bonds. The lowest BCUT2D eigenvalue weighted by Crippen LogP contribution is -2.28. The molecule has 0 bridgehead atoms. The summed E-state index contributed by atoms with van der Waals surface area (Å²) in [4.78, 5) is 0. The summed E-state index contributed by atoms with van der Waals surface area (Å²) in [6.45, 7) is 1.03. The molecule has 0 unspecified atom stereocenters. The zero-order valence-corrected chi connectivity index (χ0v) is 8.36. The lowest BCUT2D eigenvalue weighted by atomic mass is 10.1. The Balaban J connectivity index is 2.48. The highest BCUT2D eigenvalue weighted by atomic mass is 19.4. The number of halogens is 3. The molecule has 0 aliphatic heterocycles. The van der Waals surface area contributed by atoms with Crippen LogP contribution < -0.4 is 11.1 Å². The topological polar surface area (TPSA) is 38.0 Å². The number of nitrogen functional groups attached to an aromatic ring is 1. The fourth-order valence-electron chi connectivity index (χ4n) is 1.15. The number of alkyl halides is 3. The molecule has 1 aromatic carbocycles. The maximum Gasteiger partial charge on any atom is 0.401 e. The van der Waals surface area contributed by atoms with Gasteiger partial charge in [-0.25, -0.2) is 0 Å². The smallest absolute Gasteiger partial charge is 0.399 e. The number of nitrogens with two attached hydrogens (primary N) is 1. The van der Waals surface area contributed by atoms with Crippen molar-refractivity contribution >= 4 is 5.69 Å². The maximum atomic E-state index is 11.8. The average molecular weight is 218 g/mol. The highest BCUT2D eigenvalue weighted by Gasteiger charge is 2.25. The molecule has 5 heteroatoms. The van der Waals surface area contributed by atoms with Crippen molar-refractivity contribution in [2.75, 3.05) is 12.3 Å². The van der Waals surface area contributed by atoms with Gasteiger partial charge in [-0.05, 0) is 24.1 Å². The molecule has 3 N–H and O–H groups in total. The SMILES string of the molecule is Cc1ccc(CNCC(F)(F)F)cc1N. The Bertz CT molecular complexity index is 334. The van der Waals surface area contributed by atoms with Crippen molar-refractivity contribution in [2.24, 2.45) is 0 Å². The van der Waals surface area contributed by atoms with Crippen LogP contribution in [0, 0.1) is 6.92 Å². The van der Waals surface area contributed by atoms with Crippen LogP contribution in [0.25, 0.3) is 0 Å². The van der Waals surface area contributed by atoms with Crippen molar-refractivity contribution in [2.45, 2.75) is 19.6 Å². The molecule has 1 rings (SSSR count). The van der Waals surface area contributed by atoms with Crippen molar-refractivity contribution < 1.29 is 13.2 Å². The molecule has 0 saturated heterocycles. The van der Waals surface area contributed by atoms with Crippen LogP contribution in [0.5, 0.6) is 0 Å². The predicted octanol–water partition coefficient (Wildman–Crippen LogP) is 2.23. The minimum Gasteiger partial charge on any atom is -0.399 e. The first-order chi connectivity index (χ1) is 6.88. The maximum absolute atomic E-state index is 11.8. The van der Waals surface area contributed by atoms with Gasteiger partial charge < -0.3 is 11.1 Å². The third-order valence-electron chi connectivity index (χ3n) is 2.00. The Kier molecular flexibility index (Phi) is 3.57. The van der Waals surface area contributed by atoms with Crippen molar-refractivity contribution in [3.05, 3.63) is 29.3 Å². The molecule has 0 saturated carbocycles. The largest absolute Gasteiger partial charge is 0.401 e. The van der Waals surface area contributed by atoms with E-state index in [0.717, 1.165) is 11.1 Å². The summed E-state index contributed by atoms with van der Waals surface area (Å²) < 4.78 is 35.4. The Morgan fingerprint density at radius 1 is 1.33 bits per heavy atom. The van der Waals surface area contributed by atoms with E-state index in [1.54, 1.807) is 18.2 Å². The van der Waals surface area contributed by atoms with Crippen LogP contribution in [0.4, 0.5) is 18.9 Å². The number of aryl methyl sites for hydroxylation is 1. The number of anilines is 1. The van der Waals surface area contributed by atoms with Crippen molar-refractivity contribution in [3.8, 4) is 0 Å². The first-order valence-corrected chi connectivity index (χ1v) is 4.51. The van der Waals surface area contributed by atoms with E-state index in [1.807, 2.05) is 6.92 Å². The molecule has 0 spiro atoms. The van der Waals surface area contributed by atoms with Crippen LogP contribution in [0.1, 0.15) is 11.1 Å². The molecule has 0 radical (unpaired) electrons. The predicted molar refractivity (Wildman–Crippen MR) is 53.4 cm³/mol. The van der Waals surface area contributed by atoms with Gasteiger partial charge in [0.25, 0.3) is 0 Å². The van der Waals surface area contributed by atoms with Gasteiger partial charge in [-0.1, -0.05) is 12.1 Å². The summed E-state index contributed by atoms with van der Waals surface area (Å²) in [5.74, 6) is 0. The monoisotopic (exact) mass is 218 g/mol. The lowest BCUT2D eigenvalue weighted by molar-refractivity contribution is -0.125. The highest BCUT2D eigenvalue weighted by molar-refractivity contribution is 5.48. The van der Waals surface area contributed by atoms with Crippen LogP contribution in [-0.2, 0) is 6.54 Å². The minimum atomic E-state index is -4.17. The second kappa shape index (κ2) is 4.53. The second-order valence-electron chi connectivity index (χ2n) is 3.41. The van der Waals surface area contributed by atoms with Crippen LogP contribution in [-0.4, -0.2) is 12.7 Å². The van der Waals surface area contributed by atoms with Gasteiger partial charge in [-0.15, -0.1) is 0 Å². The van der Waals surface area contributed by atoms with Crippen LogP contribution >= 0.6 is 0 Å². The quantitative estimate of drug-likeness (QED) is 0.763. The van der Waals surface area contributed by atoms with E-state index in [9.17, 15) is 13.2 Å². The van der Waals surface area contributed by atoms with Gasteiger partial charge in [0.1, 0.15) is 0 Å². The fourth-order valence-corrected chi connectivity index (χ4v) is 1.15. The molecular weight excluding hydrogens is 205 g/mol. The number of rotatable bonds is 3. The van der Waals surface area contributed by atoms with Crippen LogP contribution in [0.2, 0.25) is 0 Å². The summed E-state index contributed by atoms with van der Waals surface area (Å²) in [7, 11) is 0. The van der Waals surface area contributed by atoms with Gasteiger partial charge in [-0.2, -0.15) is 13.2 Å². The summed E-state index contributed by atoms with van der Waals surface area (Å²) >= 11 is 0. The number of hydrogen-bond donors (Lipinski definition) is 2. The third kappa shape index (κ3) is 4.20. The van der Waals surface area contributed by atoms with Gasteiger partial charge in [0, 0.05) is 12.2 Å². The zero-order chi connectivity index (χ0) is 11.5. The molecule has 0 aromatic heterocycles. The summed E-state index contributed by atoms with van der Waals surface area (Å²) in [6, 6.07) is 5.23. The van der Waals surface area contributed by atoms with E-state index in [4.69, 9.17) is 5.73 Å². The summed E-state index contributed by atoms with van der Waals surface area (Å²) in [6.07, 6.45) is -4.17. The molecule has 0 fully saturated rings. The molecule has 2 nitrogen and oxygen atoms in total. The first-order valence-electron chi connectivity index (χ1n) is 4.51. The fraction of sp³-hybridized carbons (Fsp3) is 0.400. The Morgan fingerprint density at radius 3 is 2.53 bits per heavy atom. The third-order valence-corrected chi connectivity index (χ3v) is 2.00. The van der Waals surface area contributed by atoms with Crippen molar-refractivity contribution in [3.63, 3.8) is 0 Å². The Hall–Kier alpha value is -1.23. The van der Waals surface area contributed by atoms with E-state index >= 15 is 0 Å². The van der Waals surface area contributed by atoms with Gasteiger partial charge in [0.15, 0.2) is 0 Å². The second-order valence-corrected chi connectivity index (χ2v) is 3.41. The van der Waals surface area contributed by atoms with Crippen LogP contribution in [0.15, 0.2) is 18.2 Å². The number of nitrogens with one attached hydrogen (secondary N) is 1. The standard InChI is InChI=1S/C10H13F3N2/c1-7-2-3-8(4-9(7)14)5-15-6-10(11,12)13/h2-4,15H,5-6,14H2,1H3. The normalized spacial score (nSPS) is 11.7. The molecule has 0 atom stereocenters. The molecule has 0 aliphatic rings. The molecule has 84 valence electrons. The van der Waals surface area contributed by atoms with E-state index < -0.39 is 12.7 Å². The first kappa shape index (κ1) is 11.8. The molecule has 0 heterocycles. The van der Waals surface area contributed by atoms with Crippen molar-refractivity contribution in [1.82, 2.24) is 5.32 Å². The zero-order valence-electron chi connectivity index (χ0n) is 8.36. The van der Waals surface area contributed by atoms with Crippen LogP contribution in [0.3, 0.4) is 0 Å². The average Bonchev–Trinajstić information content (AvgIpc) is 2.09. The summed E-state index contributed by atoms with van der Waals surface area (Å²) in [5.41, 5.74) is 7.90. The number of hydrogen-bond acceptors (Lipinski definition) is 2. The van der Waals surface area contributed by atoms with E-state index in [0.29, 0.717) is 5.69 Å². The number of benzene rings is 1. The Labute approximate surface area is 86.3 Å². The summed E-state index contributed by atoms with van der Waals surface area (Å²) in [5, 5.41) is 2.31. The highest BCUT2D eigenvalue weighted by Crippen LogP contribution is 2.14. The van der Waals surface area contributed by atoms with Gasteiger partial charge in [0.2, 0.25) is 0 Å². The van der Waals surface area contributed by atoms with Gasteiger partial charge in [-0.3, -0.25) is 0 Å². The minimum absolute atomic E-state index is 0.171. The van der Waals surface area contributed by atoms with E-state index in [1.165, 1.54) is 0 Å². The molecule has 15 heavy (non-hydrogen) atoms. The van der Waals surface area contributed by atoms with Gasteiger partial charge >= 0.3 is 6.18 Å². The van der Waals surface area contributed by atoms with E-state index in [2.05, 4.69) is 5.32 Å². The lowest BCUT2D eigenvalue weighted by Gasteiger charge is -2.09. The molecule has 1 aromatic rings. The van der Waals surface area contributed by atoms with E-state index in [-0.39, 0.29) is 6.54 Å². The Morgan fingerprint density at radius 2 is 2.00 bits per heavy atom. The van der Waals surface area contributed by atoms with Crippen molar-refractivity contribution in [1.29, 1.82) is 0 Å². The van der Waals surface area contributed by atoms with Gasteiger partial charge in [0.05, 0.1) is 6.54 Å². The molecular formula is C10H13F3N2. The molecule has 0 aliphatic carbocycles.